The summed E-state index contributed by atoms with van der Waals surface area (Å²) in [5, 5.41) is 3.28. The molecule has 2 fully saturated rings. The highest BCUT2D eigenvalue weighted by Crippen LogP contribution is 2.30. The molecule has 0 spiro atoms. The van der Waals surface area contributed by atoms with Gasteiger partial charge < -0.3 is 16.0 Å². The molecule has 19 heavy (non-hydrogen) atoms. The van der Waals surface area contributed by atoms with Gasteiger partial charge in [0.05, 0.1) is 11.5 Å². The van der Waals surface area contributed by atoms with E-state index in [1.807, 2.05) is 13.8 Å². The normalized spacial score (nSPS) is 30.3. The van der Waals surface area contributed by atoms with Crippen LogP contribution in [0.4, 0.5) is 0 Å². The Hall–Kier alpha value is -1.14. The first kappa shape index (κ1) is 14.3. The second kappa shape index (κ2) is 5.46. The number of likely N-dealkylation sites (tertiary alicyclic amines) is 1. The Morgan fingerprint density at radius 1 is 1.26 bits per heavy atom. The van der Waals surface area contributed by atoms with Gasteiger partial charge in [0.2, 0.25) is 11.8 Å². The summed E-state index contributed by atoms with van der Waals surface area (Å²) in [5.74, 6) is -0.190. The molecule has 2 aliphatic rings. The largest absolute Gasteiger partial charge is 0.369 e. The first-order chi connectivity index (χ1) is 8.94. The van der Waals surface area contributed by atoms with Crippen molar-refractivity contribution >= 4 is 11.8 Å². The number of hydrogen-bond acceptors (Lipinski definition) is 4. The molecule has 2 heterocycles. The quantitative estimate of drug-likeness (QED) is 0.688. The summed E-state index contributed by atoms with van der Waals surface area (Å²) >= 11 is 0. The number of nitrogens with two attached hydrogens (primary N) is 1. The number of primary amides is 1. The molecule has 6 nitrogen and oxygen atoms in total. The number of nitrogens with one attached hydrogen (secondary N) is 1. The number of amides is 2. The molecule has 2 amide bonds. The summed E-state index contributed by atoms with van der Waals surface area (Å²) in [6, 6.07) is -0.114. The molecule has 0 aromatic heterocycles. The lowest BCUT2D eigenvalue weighted by atomic mass is 9.89. The fourth-order valence-electron chi connectivity index (χ4n) is 2.84. The molecule has 2 atom stereocenters. The predicted molar refractivity (Wildman–Crippen MR) is 72.4 cm³/mol. The summed E-state index contributed by atoms with van der Waals surface area (Å²) in [7, 11) is 0. The van der Waals surface area contributed by atoms with Crippen LogP contribution in [0.1, 0.15) is 20.3 Å². The molecule has 2 rings (SSSR count). The van der Waals surface area contributed by atoms with Crippen molar-refractivity contribution < 1.29 is 9.59 Å². The Morgan fingerprint density at radius 3 is 2.42 bits per heavy atom. The van der Waals surface area contributed by atoms with Crippen molar-refractivity contribution in [3.63, 3.8) is 0 Å². The summed E-state index contributed by atoms with van der Waals surface area (Å²) in [4.78, 5) is 27.9. The van der Waals surface area contributed by atoms with Gasteiger partial charge in [-0.1, -0.05) is 0 Å². The van der Waals surface area contributed by atoms with E-state index >= 15 is 0 Å². The number of carbonyl (C=O) groups is 2. The molecular formula is C13H24N4O2. The van der Waals surface area contributed by atoms with Crippen LogP contribution < -0.4 is 11.1 Å². The smallest absolute Gasteiger partial charge is 0.239 e. The van der Waals surface area contributed by atoms with Gasteiger partial charge in [-0.15, -0.1) is 0 Å². The first-order valence-corrected chi connectivity index (χ1v) is 6.97. The predicted octanol–water partition coefficient (Wildman–Crippen LogP) is -0.996. The Morgan fingerprint density at radius 2 is 1.89 bits per heavy atom. The molecule has 2 unspecified atom stereocenters. The average molecular weight is 268 g/mol. The Labute approximate surface area is 114 Å². The highest BCUT2D eigenvalue weighted by atomic mass is 16.2. The highest BCUT2D eigenvalue weighted by Gasteiger charge is 2.42. The lowest BCUT2D eigenvalue weighted by molar-refractivity contribution is -0.136. The van der Waals surface area contributed by atoms with Crippen LogP contribution >= 0.6 is 0 Å². The van der Waals surface area contributed by atoms with Crippen molar-refractivity contribution in [2.45, 2.75) is 26.3 Å². The van der Waals surface area contributed by atoms with E-state index in [0.29, 0.717) is 19.5 Å². The van der Waals surface area contributed by atoms with Crippen LogP contribution in [0.25, 0.3) is 0 Å². The Kier molecular flexibility index (Phi) is 4.10. The van der Waals surface area contributed by atoms with Crippen molar-refractivity contribution in [3.05, 3.63) is 0 Å². The monoisotopic (exact) mass is 268 g/mol. The zero-order valence-corrected chi connectivity index (χ0v) is 11.8. The maximum Gasteiger partial charge on any atom is 0.239 e. The van der Waals surface area contributed by atoms with Gasteiger partial charge in [0, 0.05) is 39.3 Å². The molecule has 0 aromatic rings. The summed E-state index contributed by atoms with van der Waals surface area (Å²) in [5.41, 5.74) is 4.86. The highest BCUT2D eigenvalue weighted by molar-refractivity contribution is 5.85. The molecular weight excluding hydrogens is 244 g/mol. The number of hydrogen-bond donors (Lipinski definition) is 2. The maximum absolute atomic E-state index is 12.5. The minimum atomic E-state index is -0.557. The van der Waals surface area contributed by atoms with E-state index in [0.717, 1.165) is 26.2 Å². The van der Waals surface area contributed by atoms with Crippen molar-refractivity contribution in [1.82, 2.24) is 15.1 Å². The van der Waals surface area contributed by atoms with Crippen LogP contribution in [-0.4, -0.2) is 66.9 Å². The van der Waals surface area contributed by atoms with Crippen molar-refractivity contribution in [3.8, 4) is 0 Å². The molecule has 0 aliphatic carbocycles. The van der Waals surface area contributed by atoms with Crippen LogP contribution in [0, 0.1) is 5.41 Å². The molecule has 0 radical (unpaired) electrons. The second-order valence-corrected chi connectivity index (χ2v) is 5.90. The van der Waals surface area contributed by atoms with Crippen LogP contribution in [0.15, 0.2) is 0 Å². The summed E-state index contributed by atoms with van der Waals surface area (Å²) in [6.07, 6.45) is 0.669. The first-order valence-electron chi connectivity index (χ1n) is 6.97. The van der Waals surface area contributed by atoms with Gasteiger partial charge in [0.25, 0.3) is 0 Å². The second-order valence-electron chi connectivity index (χ2n) is 5.90. The number of nitrogens with zero attached hydrogens (tertiary/aromatic N) is 2. The van der Waals surface area contributed by atoms with Gasteiger partial charge in [-0.05, 0) is 20.3 Å². The van der Waals surface area contributed by atoms with Gasteiger partial charge in [-0.3, -0.25) is 14.5 Å². The van der Waals surface area contributed by atoms with Crippen LogP contribution in [0.5, 0.6) is 0 Å². The van der Waals surface area contributed by atoms with Crippen LogP contribution in [0.3, 0.4) is 0 Å². The molecule has 2 aliphatic heterocycles. The third kappa shape index (κ3) is 2.90. The number of rotatable bonds is 3. The van der Waals surface area contributed by atoms with Crippen molar-refractivity contribution in [2.75, 3.05) is 39.3 Å². The molecule has 0 bridgehead atoms. The average Bonchev–Trinajstić information content (AvgIpc) is 2.82. The van der Waals surface area contributed by atoms with Crippen molar-refractivity contribution in [1.29, 1.82) is 0 Å². The fourth-order valence-corrected chi connectivity index (χ4v) is 2.84. The summed E-state index contributed by atoms with van der Waals surface area (Å²) in [6.45, 7) is 8.53. The van der Waals surface area contributed by atoms with Gasteiger partial charge in [0.15, 0.2) is 0 Å². The molecule has 2 saturated heterocycles. The van der Waals surface area contributed by atoms with E-state index in [9.17, 15) is 9.59 Å². The lowest BCUT2D eigenvalue weighted by Gasteiger charge is -2.34. The molecule has 0 saturated carbocycles. The minimum absolute atomic E-state index is 0.114. The van der Waals surface area contributed by atoms with Crippen LogP contribution in [0.2, 0.25) is 0 Å². The van der Waals surface area contributed by atoms with Gasteiger partial charge in [-0.25, -0.2) is 0 Å². The topological polar surface area (TPSA) is 78.7 Å². The minimum Gasteiger partial charge on any atom is -0.369 e. The summed E-state index contributed by atoms with van der Waals surface area (Å²) < 4.78 is 0. The third-order valence-corrected chi connectivity index (χ3v) is 4.44. The maximum atomic E-state index is 12.5. The fraction of sp³-hybridized carbons (Fsp3) is 0.846. The van der Waals surface area contributed by atoms with Gasteiger partial charge >= 0.3 is 0 Å². The van der Waals surface area contributed by atoms with E-state index in [2.05, 4.69) is 10.2 Å². The zero-order chi connectivity index (χ0) is 14.0. The van der Waals surface area contributed by atoms with E-state index in [-0.39, 0.29) is 17.9 Å². The van der Waals surface area contributed by atoms with E-state index in [1.165, 1.54) is 0 Å². The van der Waals surface area contributed by atoms with Crippen LogP contribution in [-0.2, 0) is 9.59 Å². The third-order valence-electron chi connectivity index (χ3n) is 4.44. The Balaban J connectivity index is 1.95. The van der Waals surface area contributed by atoms with Crippen molar-refractivity contribution in [2.24, 2.45) is 11.1 Å². The lowest BCUT2D eigenvalue weighted by Crippen LogP contribution is -2.53. The molecule has 6 heteroatoms. The number of piperazine rings is 1. The zero-order valence-electron chi connectivity index (χ0n) is 11.8. The van der Waals surface area contributed by atoms with Gasteiger partial charge in [0.1, 0.15) is 0 Å². The number of carbonyl (C=O) groups excluding carboxylic acids is 2. The van der Waals surface area contributed by atoms with Gasteiger partial charge in [-0.2, -0.15) is 0 Å². The van der Waals surface area contributed by atoms with E-state index < -0.39 is 5.41 Å². The van der Waals surface area contributed by atoms with E-state index in [4.69, 9.17) is 5.73 Å². The Bertz CT molecular complexity index is 368. The molecule has 0 aromatic carbocycles. The molecule has 108 valence electrons. The van der Waals surface area contributed by atoms with E-state index in [1.54, 1.807) is 4.90 Å². The SMILES string of the molecule is CC(C(=O)N1CCC(C)(C(N)=O)C1)N1CCNCC1. The molecule has 3 N–H and O–H groups in total. The standard InChI is InChI=1S/C13H24N4O2/c1-10(16-7-4-15-5-8-16)11(18)17-6-3-13(2,9-17)12(14)19/h10,15H,3-9H2,1-2H3,(H2,14,19).